The summed E-state index contributed by atoms with van der Waals surface area (Å²) in [6.45, 7) is 10.8. The number of methoxy groups -OCH3 is 1. The number of carbonyl (C=O) groups is 2. The summed E-state index contributed by atoms with van der Waals surface area (Å²) in [5.74, 6) is -1.70. The summed E-state index contributed by atoms with van der Waals surface area (Å²) >= 11 is 0. The molecule has 120 valence electrons. The highest BCUT2D eigenvalue weighted by Crippen LogP contribution is 2.32. The van der Waals surface area contributed by atoms with E-state index in [1.807, 2.05) is 19.6 Å². The molecule has 0 bridgehead atoms. The van der Waals surface area contributed by atoms with E-state index >= 15 is 0 Å². The number of carbonyl (C=O) groups excluding carboxylic acids is 2. The summed E-state index contributed by atoms with van der Waals surface area (Å²) < 4.78 is 21.4. The second kappa shape index (κ2) is 5.80. The summed E-state index contributed by atoms with van der Waals surface area (Å²) in [6, 6.07) is 0. The van der Waals surface area contributed by atoms with Gasteiger partial charge in [0.2, 0.25) is 5.79 Å². The quantitative estimate of drug-likeness (QED) is 0.573. The van der Waals surface area contributed by atoms with Crippen LogP contribution in [-0.4, -0.2) is 38.8 Å². The van der Waals surface area contributed by atoms with Crippen molar-refractivity contribution in [2.24, 2.45) is 0 Å². The van der Waals surface area contributed by atoms with Crippen LogP contribution in [0, 0.1) is 0 Å². The second-order valence-electron chi connectivity index (χ2n) is 6.65. The number of hydrogen-bond donors (Lipinski definition) is 0. The average Bonchev–Trinajstić information content (AvgIpc) is 2.21. The Bertz CT molecular complexity index is 463. The zero-order chi connectivity index (χ0) is 16.5. The van der Waals surface area contributed by atoms with Gasteiger partial charge in [-0.2, -0.15) is 0 Å². The smallest absolute Gasteiger partial charge is 0.337 e. The van der Waals surface area contributed by atoms with Crippen LogP contribution in [0.25, 0.3) is 0 Å². The van der Waals surface area contributed by atoms with Crippen LogP contribution in [0.5, 0.6) is 0 Å². The summed E-state index contributed by atoms with van der Waals surface area (Å²) in [4.78, 5) is 23.7. The lowest BCUT2D eigenvalue weighted by molar-refractivity contribution is -0.208. The van der Waals surface area contributed by atoms with Crippen molar-refractivity contribution in [2.45, 2.75) is 58.2 Å². The SMILES string of the molecule is COC(=O)C(C)(CC1=CC(=O)OC(C)(C)O1)O[Si](C)(C)C. The fraction of sp³-hybridized carbons (Fsp3) is 0.714. The van der Waals surface area contributed by atoms with Crippen LogP contribution in [0.2, 0.25) is 19.6 Å². The van der Waals surface area contributed by atoms with Crippen molar-refractivity contribution < 1.29 is 28.2 Å². The highest BCUT2D eigenvalue weighted by molar-refractivity contribution is 6.70. The van der Waals surface area contributed by atoms with Crippen molar-refractivity contribution in [3.8, 4) is 0 Å². The lowest BCUT2D eigenvalue weighted by Crippen LogP contribution is -2.48. The van der Waals surface area contributed by atoms with E-state index in [9.17, 15) is 9.59 Å². The molecular weight excluding hydrogens is 292 g/mol. The van der Waals surface area contributed by atoms with Gasteiger partial charge in [-0.3, -0.25) is 0 Å². The summed E-state index contributed by atoms with van der Waals surface area (Å²) in [7, 11) is -0.701. The van der Waals surface area contributed by atoms with Gasteiger partial charge in [0.25, 0.3) is 0 Å². The number of cyclic esters (lactones) is 1. The van der Waals surface area contributed by atoms with Crippen LogP contribution in [-0.2, 0) is 28.2 Å². The third-order valence-corrected chi connectivity index (χ3v) is 3.73. The molecule has 21 heavy (non-hydrogen) atoms. The van der Waals surface area contributed by atoms with Crippen molar-refractivity contribution in [2.75, 3.05) is 7.11 Å². The molecule has 0 radical (unpaired) electrons. The van der Waals surface area contributed by atoms with Crippen molar-refractivity contribution in [1.29, 1.82) is 0 Å². The van der Waals surface area contributed by atoms with E-state index < -0.39 is 31.6 Å². The Morgan fingerprint density at radius 2 is 1.90 bits per heavy atom. The maximum Gasteiger partial charge on any atom is 0.337 e. The first-order chi connectivity index (χ1) is 9.37. The second-order valence-corrected chi connectivity index (χ2v) is 11.1. The van der Waals surface area contributed by atoms with Gasteiger partial charge in [-0.25, -0.2) is 9.59 Å². The molecule has 1 aliphatic heterocycles. The van der Waals surface area contributed by atoms with Gasteiger partial charge in [0.05, 0.1) is 13.2 Å². The monoisotopic (exact) mass is 316 g/mol. The zero-order valence-corrected chi connectivity index (χ0v) is 14.7. The molecule has 1 aliphatic rings. The van der Waals surface area contributed by atoms with E-state index in [-0.39, 0.29) is 6.42 Å². The minimum atomic E-state index is -2.01. The summed E-state index contributed by atoms with van der Waals surface area (Å²) in [6.07, 6.45) is 1.35. The van der Waals surface area contributed by atoms with Crippen molar-refractivity contribution in [1.82, 2.24) is 0 Å². The molecule has 0 saturated carbocycles. The first-order valence-corrected chi connectivity index (χ1v) is 10.2. The molecular formula is C14H24O6Si. The predicted molar refractivity (Wildman–Crippen MR) is 78.8 cm³/mol. The van der Waals surface area contributed by atoms with E-state index in [0.29, 0.717) is 5.76 Å². The summed E-state index contributed by atoms with van der Waals surface area (Å²) in [5, 5.41) is 0. The Balaban J connectivity index is 3.02. The molecule has 7 heteroatoms. The number of hydrogen-bond acceptors (Lipinski definition) is 6. The Hall–Kier alpha value is -1.34. The molecule has 1 rings (SSSR count). The fourth-order valence-corrected chi connectivity index (χ4v) is 3.74. The van der Waals surface area contributed by atoms with E-state index in [2.05, 4.69) is 0 Å². The fourth-order valence-electron chi connectivity index (χ4n) is 2.23. The maximum absolute atomic E-state index is 12.1. The molecule has 1 unspecified atom stereocenters. The average molecular weight is 316 g/mol. The highest BCUT2D eigenvalue weighted by atomic mass is 28.4. The zero-order valence-electron chi connectivity index (χ0n) is 13.7. The molecule has 6 nitrogen and oxygen atoms in total. The summed E-state index contributed by atoms with van der Waals surface area (Å²) in [5.41, 5.74) is -1.20. The van der Waals surface area contributed by atoms with Gasteiger partial charge in [-0.05, 0) is 26.6 Å². The maximum atomic E-state index is 12.1. The molecule has 0 spiro atoms. The van der Waals surface area contributed by atoms with E-state index in [1.54, 1.807) is 20.8 Å². The number of rotatable bonds is 5. The first kappa shape index (κ1) is 17.7. The van der Waals surface area contributed by atoms with E-state index in [1.165, 1.54) is 13.2 Å². The molecule has 0 saturated heterocycles. The van der Waals surface area contributed by atoms with Crippen molar-refractivity contribution >= 4 is 20.3 Å². The van der Waals surface area contributed by atoms with Crippen LogP contribution < -0.4 is 0 Å². The minimum absolute atomic E-state index is 0.114. The van der Waals surface area contributed by atoms with Crippen LogP contribution in [0.4, 0.5) is 0 Å². The van der Waals surface area contributed by atoms with Crippen LogP contribution in [0.15, 0.2) is 11.8 Å². The van der Waals surface area contributed by atoms with Crippen LogP contribution in [0.1, 0.15) is 27.2 Å². The molecule has 0 aliphatic carbocycles. The van der Waals surface area contributed by atoms with Gasteiger partial charge in [0.1, 0.15) is 5.76 Å². The third kappa shape index (κ3) is 5.17. The minimum Gasteiger partial charge on any atom is -0.467 e. The Kier molecular flexibility index (Phi) is 4.89. The molecule has 0 N–H and O–H groups in total. The highest BCUT2D eigenvalue weighted by Gasteiger charge is 2.43. The van der Waals surface area contributed by atoms with Gasteiger partial charge in [0.15, 0.2) is 13.9 Å². The van der Waals surface area contributed by atoms with Crippen molar-refractivity contribution in [3.05, 3.63) is 11.8 Å². The van der Waals surface area contributed by atoms with Crippen LogP contribution >= 0.6 is 0 Å². The third-order valence-electron chi connectivity index (χ3n) is 2.66. The predicted octanol–water partition coefficient (Wildman–Crippen LogP) is 2.35. The topological polar surface area (TPSA) is 71.1 Å². The number of esters is 2. The molecule has 0 amide bonds. The normalized spacial score (nSPS) is 20.7. The van der Waals surface area contributed by atoms with Crippen molar-refractivity contribution in [3.63, 3.8) is 0 Å². The lowest BCUT2D eigenvalue weighted by atomic mass is 10.0. The molecule has 0 aromatic carbocycles. The van der Waals surface area contributed by atoms with Gasteiger partial charge < -0.3 is 18.6 Å². The standard InChI is InChI=1S/C14H24O6Si/c1-13(2)18-10(8-11(15)19-13)9-14(3,12(16)17-4)20-21(5,6)7/h8H,9H2,1-7H3. The van der Waals surface area contributed by atoms with Gasteiger partial charge in [0, 0.05) is 20.3 Å². The Labute approximate surface area is 126 Å². The van der Waals surface area contributed by atoms with Gasteiger partial charge in [-0.15, -0.1) is 0 Å². The Morgan fingerprint density at radius 1 is 1.33 bits per heavy atom. The number of ether oxygens (including phenoxy) is 3. The molecule has 0 aromatic rings. The Morgan fingerprint density at radius 3 is 2.33 bits per heavy atom. The molecule has 0 aromatic heterocycles. The van der Waals surface area contributed by atoms with Gasteiger partial charge >= 0.3 is 11.9 Å². The lowest BCUT2D eigenvalue weighted by Gasteiger charge is -2.37. The molecule has 1 heterocycles. The molecule has 0 fully saturated rings. The van der Waals surface area contributed by atoms with E-state index in [0.717, 1.165) is 0 Å². The van der Waals surface area contributed by atoms with Crippen LogP contribution in [0.3, 0.4) is 0 Å². The largest absolute Gasteiger partial charge is 0.467 e. The van der Waals surface area contributed by atoms with Gasteiger partial charge in [-0.1, -0.05) is 0 Å². The van der Waals surface area contributed by atoms with E-state index in [4.69, 9.17) is 18.6 Å². The molecule has 1 atom stereocenters. The first-order valence-electron chi connectivity index (χ1n) is 6.78.